The quantitative estimate of drug-likeness (QED) is 0.0446. The fourth-order valence-corrected chi connectivity index (χ4v) is 6.10. The minimum Gasteiger partial charge on any atom is -0.0623 e. The van der Waals surface area contributed by atoms with Crippen molar-refractivity contribution < 1.29 is 32.0 Å². The molecule has 1 aromatic rings. The number of carbonyl (C=O) groups excluding carboxylic acids is 2. The Morgan fingerprint density at radius 2 is 1.00 bits per heavy atom. The van der Waals surface area contributed by atoms with Gasteiger partial charge < -0.3 is 9.47 Å². The third kappa shape index (κ3) is 32.1. The van der Waals surface area contributed by atoms with Gasteiger partial charge in [0.25, 0.3) is 10.1 Å². The Morgan fingerprint density at radius 1 is 0.617 bits per heavy atom. The molecule has 7 nitrogen and oxygen atoms in total. The summed E-state index contributed by atoms with van der Waals surface area (Å²) in [5, 5.41) is -1.95. The first-order valence-corrected chi connectivity index (χ1v) is 21.8. The molecule has 0 aliphatic carbocycles. The first kappa shape index (κ1) is 48.2. The number of ether oxygens (including phenoxy) is 2. The van der Waals surface area contributed by atoms with Gasteiger partial charge in [-0.25, -0.2) is 0 Å². The van der Waals surface area contributed by atoms with Crippen LogP contribution in [0.1, 0.15) is 157 Å². The van der Waals surface area contributed by atoms with Crippen LogP contribution in [0.2, 0.25) is 3.67 Å². The molecule has 0 spiro atoms. The van der Waals surface area contributed by atoms with E-state index >= 15 is 0 Å². The summed E-state index contributed by atoms with van der Waals surface area (Å²) in [5.41, 5.74) is 0. The van der Waals surface area contributed by atoms with Crippen molar-refractivity contribution in [1.82, 2.24) is 0 Å². The molecular formula is C38H69NaO7S. The van der Waals surface area contributed by atoms with Gasteiger partial charge in [-0.2, -0.15) is 8.42 Å². The first-order chi connectivity index (χ1) is 22.6. The van der Waals surface area contributed by atoms with Crippen molar-refractivity contribution in [2.45, 2.75) is 166 Å². The van der Waals surface area contributed by atoms with E-state index in [2.05, 4.69) is 20.8 Å². The SMILES string of the molecule is CCCCC(CC)COC(=O)CC(C(=O)OCC(CC)CCCC)S(=O)(=O)O.CCCCCCCCCCC[CH2][Na].c1ccccc1. The maximum Gasteiger partial charge on any atom is -0.0623 e. The van der Waals surface area contributed by atoms with Crippen molar-refractivity contribution in [3.63, 3.8) is 0 Å². The maximum atomic E-state index is 12.2. The topological polar surface area (TPSA) is 107 Å². The summed E-state index contributed by atoms with van der Waals surface area (Å²) in [6, 6.07) is 12.0. The third-order valence-corrected chi connectivity index (χ3v) is 10.2. The standard InChI is InChI=1S/C20H38O7S.C12H25.C6H6.Na/c1-5-9-11-16(7-3)14-26-19(21)13-18(28(23,24)25)20(22)27-15-17(8-4)12-10-6-2;1-3-5-7-9-11-12-10-8-6-4-2;1-2-4-6-5-3-1;/h16-18H,5-15H2,1-4H3,(H,23,24,25);1,3-12H2,2H3;1-6H;. The summed E-state index contributed by atoms with van der Waals surface area (Å²) in [7, 11) is -4.76. The van der Waals surface area contributed by atoms with Crippen LogP contribution in [-0.4, -0.2) is 71.3 Å². The zero-order valence-electron chi connectivity index (χ0n) is 31.1. The molecule has 0 fully saturated rings. The van der Waals surface area contributed by atoms with E-state index < -0.39 is 33.7 Å². The number of rotatable bonds is 26. The fraction of sp³-hybridized carbons (Fsp3) is 0.789. The van der Waals surface area contributed by atoms with Crippen LogP contribution >= 0.6 is 0 Å². The summed E-state index contributed by atoms with van der Waals surface area (Å²) < 4.78 is 44.3. The number of esters is 2. The van der Waals surface area contributed by atoms with Gasteiger partial charge in [-0.1, -0.05) is 103 Å². The van der Waals surface area contributed by atoms with E-state index in [1.165, 1.54) is 95.8 Å². The van der Waals surface area contributed by atoms with Crippen molar-refractivity contribution in [2.24, 2.45) is 11.8 Å². The van der Waals surface area contributed by atoms with Crippen LogP contribution in [0.5, 0.6) is 0 Å². The van der Waals surface area contributed by atoms with E-state index in [4.69, 9.17) is 9.47 Å². The van der Waals surface area contributed by atoms with E-state index in [0.717, 1.165) is 51.4 Å². The molecule has 0 amide bonds. The predicted molar refractivity (Wildman–Crippen MR) is 197 cm³/mol. The zero-order valence-corrected chi connectivity index (χ0v) is 33.9. The Hall–Kier alpha value is -0.930. The Labute approximate surface area is 307 Å². The van der Waals surface area contributed by atoms with Crippen LogP contribution in [0.25, 0.3) is 0 Å². The number of hydrogen-bond acceptors (Lipinski definition) is 6. The Kier molecular flexibility index (Phi) is 35.8. The molecule has 3 unspecified atom stereocenters. The second kappa shape index (κ2) is 34.9. The molecule has 0 aliphatic heterocycles. The van der Waals surface area contributed by atoms with Crippen LogP contribution in [0.15, 0.2) is 36.4 Å². The van der Waals surface area contributed by atoms with Gasteiger partial charge in [0.2, 0.25) is 0 Å². The van der Waals surface area contributed by atoms with Gasteiger partial charge in [0.1, 0.15) is 0 Å². The van der Waals surface area contributed by atoms with Crippen LogP contribution in [0.4, 0.5) is 0 Å². The van der Waals surface area contributed by atoms with Gasteiger partial charge in [-0.15, -0.1) is 0 Å². The van der Waals surface area contributed by atoms with E-state index in [-0.39, 0.29) is 25.0 Å². The van der Waals surface area contributed by atoms with Crippen LogP contribution in [0.3, 0.4) is 0 Å². The van der Waals surface area contributed by atoms with Crippen molar-refractivity contribution in [1.29, 1.82) is 0 Å². The van der Waals surface area contributed by atoms with E-state index in [0.29, 0.717) is 0 Å². The van der Waals surface area contributed by atoms with Crippen molar-refractivity contribution in [3.05, 3.63) is 36.4 Å². The summed E-state index contributed by atoms with van der Waals surface area (Å²) >= 11 is 1.41. The largest absolute Gasteiger partial charge is 0.0623 e. The summed E-state index contributed by atoms with van der Waals surface area (Å²) in [6.07, 6.45) is 21.5. The second-order valence-electron chi connectivity index (χ2n) is 12.7. The van der Waals surface area contributed by atoms with E-state index in [1.54, 1.807) is 0 Å². The Morgan fingerprint density at radius 3 is 1.36 bits per heavy atom. The maximum absolute atomic E-state index is 12.2. The molecule has 0 heterocycles. The summed E-state index contributed by atoms with van der Waals surface area (Å²) in [6.45, 7) is 10.6. The van der Waals surface area contributed by atoms with E-state index in [9.17, 15) is 22.6 Å². The number of hydrogen-bond donors (Lipinski definition) is 1. The molecular weight excluding hydrogens is 623 g/mol. The second-order valence-corrected chi connectivity index (χ2v) is 15.3. The molecule has 0 saturated carbocycles. The minimum absolute atomic E-state index is 0.0747. The predicted octanol–water partition coefficient (Wildman–Crippen LogP) is 10.3. The molecule has 1 aromatic carbocycles. The smallest absolute Gasteiger partial charge is 0.0623 e. The van der Waals surface area contributed by atoms with E-state index in [1.807, 2.05) is 50.2 Å². The molecule has 1 rings (SSSR count). The third-order valence-electron chi connectivity index (χ3n) is 8.38. The minimum atomic E-state index is -4.76. The molecule has 47 heavy (non-hydrogen) atoms. The number of carbonyl (C=O) groups is 2. The molecule has 0 aromatic heterocycles. The number of unbranched alkanes of at least 4 members (excludes halogenated alkanes) is 11. The Balaban J connectivity index is 0. The van der Waals surface area contributed by atoms with Gasteiger partial charge in [0.15, 0.2) is 5.25 Å². The van der Waals surface area contributed by atoms with Gasteiger partial charge in [-0.3, -0.25) is 14.1 Å². The molecule has 0 saturated heterocycles. The molecule has 9 heteroatoms. The molecule has 3 atom stereocenters. The Bertz CT molecular complexity index is 891. The molecule has 0 aliphatic rings. The molecule has 0 radical (unpaired) electrons. The van der Waals surface area contributed by atoms with Crippen LogP contribution in [-0.2, 0) is 29.2 Å². The molecule has 1 N–H and O–H groups in total. The summed E-state index contributed by atoms with van der Waals surface area (Å²) in [5.74, 6) is -1.61. The van der Waals surface area contributed by atoms with Crippen molar-refractivity contribution >= 4 is 50.0 Å². The monoisotopic (exact) mass is 692 g/mol. The van der Waals surface area contributed by atoms with Gasteiger partial charge in [0.05, 0.1) is 19.6 Å². The zero-order chi connectivity index (χ0) is 35.6. The number of benzene rings is 1. The average Bonchev–Trinajstić information content (AvgIpc) is 3.07. The molecule has 270 valence electrons. The van der Waals surface area contributed by atoms with Crippen molar-refractivity contribution in [3.8, 4) is 0 Å². The normalized spacial score (nSPS) is 12.9. The summed E-state index contributed by atoms with van der Waals surface area (Å²) in [4.78, 5) is 24.2. The van der Waals surface area contributed by atoms with Gasteiger partial charge in [0, 0.05) is 0 Å². The van der Waals surface area contributed by atoms with Crippen molar-refractivity contribution in [2.75, 3.05) is 13.2 Å². The van der Waals surface area contributed by atoms with Crippen LogP contribution in [0, 0.1) is 11.8 Å². The van der Waals surface area contributed by atoms with Crippen LogP contribution < -0.4 is 0 Å². The first-order valence-electron chi connectivity index (χ1n) is 18.9. The van der Waals surface area contributed by atoms with Gasteiger partial charge in [-0.05, 0) is 24.7 Å². The average molecular weight is 693 g/mol. The fourth-order valence-electron chi connectivity index (χ4n) is 4.94. The van der Waals surface area contributed by atoms with Gasteiger partial charge >= 0.3 is 115 Å². The molecule has 0 bridgehead atoms.